The second-order valence-electron chi connectivity index (χ2n) is 8.00. The van der Waals surface area contributed by atoms with Crippen LogP contribution in [0.2, 0.25) is 10.0 Å². The minimum absolute atomic E-state index is 0.0228. The maximum atomic E-state index is 13.1. The normalized spacial score (nSPS) is 12.5. The molecule has 2 aromatic heterocycles. The number of esters is 1. The Hall–Kier alpha value is -3.68. The number of alkyl halides is 3. The van der Waals surface area contributed by atoms with Crippen molar-refractivity contribution in [1.82, 2.24) is 29.1 Å². The summed E-state index contributed by atoms with van der Waals surface area (Å²) in [6, 6.07) is 12.6. The summed E-state index contributed by atoms with van der Waals surface area (Å²) in [5, 5.41) is 18.8. The fourth-order valence-electron chi connectivity index (χ4n) is 3.53. The lowest BCUT2D eigenvalue weighted by atomic mass is 10.2. The first-order chi connectivity index (χ1) is 18.0. The van der Waals surface area contributed by atoms with Gasteiger partial charge in [-0.25, -0.2) is 19.1 Å². The van der Waals surface area contributed by atoms with Gasteiger partial charge in [0.1, 0.15) is 13.1 Å². The fraction of sp³-hybridized carbons (Fsp3) is 0.261. The average molecular weight is 571 g/mol. The zero-order valence-corrected chi connectivity index (χ0v) is 21.1. The van der Waals surface area contributed by atoms with Gasteiger partial charge in [-0.3, -0.25) is 9.36 Å². The van der Waals surface area contributed by atoms with Gasteiger partial charge in [-0.1, -0.05) is 35.3 Å². The second-order valence-corrected chi connectivity index (χ2v) is 8.85. The van der Waals surface area contributed by atoms with E-state index in [9.17, 15) is 27.9 Å². The predicted molar refractivity (Wildman–Crippen MR) is 131 cm³/mol. The molecule has 2 heterocycles. The molecule has 0 radical (unpaired) electrons. The molecule has 0 saturated heterocycles. The van der Waals surface area contributed by atoms with Crippen LogP contribution in [-0.4, -0.2) is 59.6 Å². The maximum absolute atomic E-state index is 13.1. The SMILES string of the molecule is COC(=O)Cn1nc(Cn2nc(-c3ccc(Cl)cc3)n(C[C@H](O)C(F)(F)F)c2=O)nc1-c1ccccc1Cl. The van der Waals surface area contributed by atoms with Crippen LogP contribution in [0.3, 0.4) is 0 Å². The van der Waals surface area contributed by atoms with Gasteiger partial charge >= 0.3 is 17.8 Å². The molecule has 0 unspecified atom stereocenters. The van der Waals surface area contributed by atoms with Gasteiger partial charge in [-0.15, -0.1) is 5.10 Å². The molecular formula is C23H19Cl2F3N6O4. The van der Waals surface area contributed by atoms with E-state index in [1.54, 1.807) is 24.3 Å². The van der Waals surface area contributed by atoms with E-state index >= 15 is 0 Å². The molecule has 0 amide bonds. The Morgan fingerprint density at radius 1 is 1.05 bits per heavy atom. The summed E-state index contributed by atoms with van der Waals surface area (Å²) in [5.74, 6) is -0.527. The highest BCUT2D eigenvalue weighted by atomic mass is 35.5. The van der Waals surface area contributed by atoms with Crippen LogP contribution in [0.15, 0.2) is 53.3 Å². The summed E-state index contributed by atoms with van der Waals surface area (Å²) in [5.41, 5.74) is -0.202. The molecule has 2 aromatic carbocycles. The van der Waals surface area contributed by atoms with Crippen LogP contribution in [0.4, 0.5) is 13.2 Å². The van der Waals surface area contributed by atoms with Crippen molar-refractivity contribution < 1.29 is 27.8 Å². The molecule has 200 valence electrons. The number of benzene rings is 2. The van der Waals surface area contributed by atoms with E-state index in [-0.39, 0.29) is 30.6 Å². The van der Waals surface area contributed by atoms with Crippen LogP contribution in [0.25, 0.3) is 22.8 Å². The molecule has 0 fully saturated rings. The summed E-state index contributed by atoms with van der Waals surface area (Å²) in [6.45, 7) is -1.77. The molecule has 0 aliphatic heterocycles. The molecular weight excluding hydrogens is 552 g/mol. The van der Waals surface area contributed by atoms with Gasteiger partial charge in [-0.2, -0.15) is 18.3 Å². The number of hydrogen-bond acceptors (Lipinski definition) is 7. The molecule has 0 bridgehead atoms. The number of methoxy groups -OCH3 is 1. The monoisotopic (exact) mass is 570 g/mol. The summed E-state index contributed by atoms with van der Waals surface area (Å²) in [6.07, 6.45) is -7.77. The molecule has 1 atom stereocenters. The third-order valence-electron chi connectivity index (χ3n) is 5.39. The fourth-order valence-corrected chi connectivity index (χ4v) is 3.87. The quantitative estimate of drug-likeness (QED) is 0.322. The lowest BCUT2D eigenvalue weighted by Gasteiger charge is -2.15. The summed E-state index contributed by atoms with van der Waals surface area (Å²) in [7, 11) is 1.20. The molecule has 0 aliphatic rings. The smallest absolute Gasteiger partial charge is 0.416 e. The van der Waals surface area contributed by atoms with Gasteiger partial charge in [0, 0.05) is 16.1 Å². The zero-order valence-electron chi connectivity index (χ0n) is 19.6. The lowest BCUT2D eigenvalue weighted by Crippen LogP contribution is -2.37. The molecule has 4 aromatic rings. The van der Waals surface area contributed by atoms with E-state index in [0.717, 1.165) is 4.68 Å². The topological polar surface area (TPSA) is 117 Å². The van der Waals surface area contributed by atoms with Crippen molar-refractivity contribution in [2.45, 2.75) is 31.9 Å². The second kappa shape index (κ2) is 11.0. The number of aromatic nitrogens is 6. The number of carbonyl (C=O) groups excluding carboxylic acids is 1. The van der Waals surface area contributed by atoms with Crippen molar-refractivity contribution in [3.05, 3.63) is 74.9 Å². The van der Waals surface area contributed by atoms with Crippen LogP contribution in [0, 0.1) is 0 Å². The minimum Gasteiger partial charge on any atom is -0.468 e. The van der Waals surface area contributed by atoms with E-state index in [0.29, 0.717) is 25.7 Å². The van der Waals surface area contributed by atoms with Gasteiger partial charge in [0.2, 0.25) is 0 Å². The summed E-state index contributed by atoms with van der Waals surface area (Å²) >= 11 is 12.2. The van der Waals surface area contributed by atoms with Crippen LogP contribution < -0.4 is 5.69 Å². The molecule has 15 heteroatoms. The Labute approximate surface area is 222 Å². The molecule has 0 aliphatic carbocycles. The Morgan fingerprint density at radius 2 is 1.74 bits per heavy atom. The lowest BCUT2D eigenvalue weighted by molar-refractivity contribution is -0.207. The van der Waals surface area contributed by atoms with Crippen molar-refractivity contribution >= 4 is 29.2 Å². The highest BCUT2D eigenvalue weighted by Crippen LogP contribution is 2.27. The number of aliphatic hydroxyl groups excluding tert-OH is 1. The number of ether oxygens (including phenoxy) is 1. The van der Waals surface area contributed by atoms with Gasteiger partial charge in [0.15, 0.2) is 23.6 Å². The zero-order chi connectivity index (χ0) is 27.6. The van der Waals surface area contributed by atoms with Gasteiger partial charge in [-0.05, 0) is 36.4 Å². The van der Waals surface area contributed by atoms with Gasteiger partial charge < -0.3 is 9.84 Å². The average Bonchev–Trinajstić information content (AvgIpc) is 3.40. The van der Waals surface area contributed by atoms with Crippen molar-refractivity contribution in [1.29, 1.82) is 0 Å². The van der Waals surface area contributed by atoms with Crippen LogP contribution in [0.1, 0.15) is 5.82 Å². The Bertz CT molecular complexity index is 1510. The Balaban J connectivity index is 1.78. The number of halogens is 5. The molecule has 10 nitrogen and oxygen atoms in total. The van der Waals surface area contributed by atoms with Crippen LogP contribution in [-0.2, 0) is 29.2 Å². The number of hydrogen-bond donors (Lipinski definition) is 1. The Morgan fingerprint density at radius 3 is 2.37 bits per heavy atom. The highest BCUT2D eigenvalue weighted by Gasteiger charge is 2.39. The molecule has 4 rings (SSSR count). The Kier molecular flexibility index (Phi) is 7.90. The van der Waals surface area contributed by atoms with Crippen molar-refractivity contribution in [2.24, 2.45) is 0 Å². The highest BCUT2D eigenvalue weighted by molar-refractivity contribution is 6.33. The number of aliphatic hydroxyl groups is 1. The molecule has 1 N–H and O–H groups in total. The third kappa shape index (κ3) is 5.90. The predicted octanol–water partition coefficient (Wildman–Crippen LogP) is 3.42. The van der Waals surface area contributed by atoms with Crippen LogP contribution >= 0.6 is 23.2 Å². The first kappa shape index (κ1) is 27.4. The summed E-state index contributed by atoms with van der Waals surface area (Å²) in [4.78, 5) is 29.5. The van der Waals surface area contributed by atoms with Crippen molar-refractivity contribution in [2.75, 3.05) is 7.11 Å². The standard InChI is InChI=1S/C23H19Cl2F3N6O4/c1-38-19(36)12-33-21(15-4-2-3-5-16(15)25)29-18(30-33)11-34-22(37)32(10-17(35)23(26,27)28)20(31-34)13-6-8-14(24)9-7-13/h2-9,17,35H,10-12H2,1H3/t17-/m0/s1. The van der Waals surface area contributed by atoms with E-state index in [4.69, 9.17) is 27.9 Å². The van der Waals surface area contributed by atoms with E-state index < -0.39 is 30.5 Å². The van der Waals surface area contributed by atoms with Crippen molar-refractivity contribution in [3.8, 4) is 22.8 Å². The van der Waals surface area contributed by atoms with E-state index in [1.165, 1.54) is 36.1 Å². The van der Waals surface area contributed by atoms with Crippen molar-refractivity contribution in [3.63, 3.8) is 0 Å². The van der Waals surface area contributed by atoms with Gasteiger partial charge in [0.05, 0.1) is 18.7 Å². The maximum Gasteiger partial charge on any atom is 0.416 e. The molecule has 38 heavy (non-hydrogen) atoms. The number of rotatable bonds is 8. The molecule has 0 spiro atoms. The largest absolute Gasteiger partial charge is 0.468 e. The van der Waals surface area contributed by atoms with Crippen LogP contribution in [0.5, 0.6) is 0 Å². The van der Waals surface area contributed by atoms with E-state index in [2.05, 4.69) is 15.2 Å². The number of carbonyl (C=O) groups is 1. The van der Waals surface area contributed by atoms with Gasteiger partial charge in [0.25, 0.3) is 0 Å². The first-order valence-corrected chi connectivity index (χ1v) is 11.7. The first-order valence-electron chi connectivity index (χ1n) is 10.9. The molecule has 0 saturated carbocycles. The minimum atomic E-state index is -4.96. The van der Waals surface area contributed by atoms with E-state index in [1.807, 2.05) is 0 Å². The number of nitrogens with zero attached hydrogens (tertiary/aromatic N) is 6. The third-order valence-corrected chi connectivity index (χ3v) is 5.97. The summed E-state index contributed by atoms with van der Waals surface area (Å²) < 4.78 is 46.8.